The van der Waals surface area contributed by atoms with Crippen molar-refractivity contribution < 1.29 is 4.74 Å². The Morgan fingerprint density at radius 1 is 1.61 bits per heavy atom. The lowest BCUT2D eigenvalue weighted by Gasteiger charge is -2.41. The molecular weight excluding hydrogens is 246 g/mol. The standard InChI is InChI=1S/C13H19N3OS/c1-13(17-2)5-3-7-16(9-13)11-8-15-6-4-10(11)12(14)18/h4,6,8H,3,5,7,9H2,1-2H3,(H2,14,18). The molecular formula is C13H19N3OS. The van der Waals surface area contributed by atoms with Gasteiger partial charge in [-0.1, -0.05) is 12.2 Å². The van der Waals surface area contributed by atoms with Gasteiger partial charge in [-0.3, -0.25) is 4.98 Å². The summed E-state index contributed by atoms with van der Waals surface area (Å²) in [6.45, 7) is 3.96. The topological polar surface area (TPSA) is 51.4 Å². The van der Waals surface area contributed by atoms with Gasteiger partial charge in [0.2, 0.25) is 0 Å². The molecule has 98 valence electrons. The van der Waals surface area contributed by atoms with E-state index in [1.54, 1.807) is 13.3 Å². The minimum Gasteiger partial charge on any atom is -0.389 e. The third kappa shape index (κ3) is 2.62. The molecule has 0 spiro atoms. The number of hydrogen-bond acceptors (Lipinski definition) is 4. The molecule has 0 aliphatic carbocycles. The third-order valence-corrected chi connectivity index (χ3v) is 3.78. The number of nitrogens with zero attached hydrogens (tertiary/aromatic N) is 2. The summed E-state index contributed by atoms with van der Waals surface area (Å²) in [7, 11) is 1.77. The van der Waals surface area contributed by atoms with Gasteiger partial charge in [0.25, 0.3) is 0 Å². The van der Waals surface area contributed by atoms with Gasteiger partial charge in [-0.15, -0.1) is 0 Å². The molecule has 0 bridgehead atoms. The van der Waals surface area contributed by atoms with Crippen LogP contribution in [0.2, 0.25) is 0 Å². The molecule has 1 fully saturated rings. The molecule has 1 atom stereocenters. The number of rotatable bonds is 3. The highest BCUT2D eigenvalue weighted by Gasteiger charge is 2.31. The van der Waals surface area contributed by atoms with Crippen molar-refractivity contribution in [2.24, 2.45) is 5.73 Å². The lowest BCUT2D eigenvalue weighted by Crippen LogP contribution is -2.48. The molecule has 1 unspecified atom stereocenters. The summed E-state index contributed by atoms with van der Waals surface area (Å²) >= 11 is 5.10. The highest BCUT2D eigenvalue weighted by atomic mass is 32.1. The summed E-state index contributed by atoms with van der Waals surface area (Å²) in [5, 5.41) is 0. The predicted octanol–water partition coefficient (Wildman–Crippen LogP) is 1.72. The summed E-state index contributed by atoms with van der Waals surface area (Å²) in [4.78, 5) is 6.85. The van der Waals surface area contributed by atoms with Crippen molar-refractivity contribution in [3.05, 3.63) is 24.0 Å². The van der Waals surface area contributed by atoms with Crippen molar-refractivity contribution in [1.29, 1.82) is 0 Å². The number of pyridine rings is 1. The van der Waals surface area contributed by atoms with Crippen LogP contribution in [-0.4, -0.2) is 35.8 Å². The number of aromatic nitrogens is 1. The lowest BCUT2D eigenvalue weighted by atomic mass is 9.94. The van der Waals surface area contributed by atoms with Gasteiger partial charge in [-0.25, -0.2) is 0 Å². The highest BCUT2D eigenvalue weighted by molar-refractivity contribution is 7.80. The van der Waals surface area contributed by atoms with Gasteiger partial charge in [0.15, 0.2) is 0 Å². The first kappa shape index (κ1) is 13.2. The fourth-order valence-electron chi connectivity index (χ4n) is 2.42. The number of anilines is 1. The fraction of sp³-hybridized carbons (Fsp3) is 0.538. The quantitative estimate of drug-likeness (QED) is 0.843. The molecule has 2 N–H and O–H groups in total. The summed E-state index contributed by atoms with van der Waals surface area (Å²) in [6.07, 6.45) is 5.71. The van der Waals surface area contributed by atoms with Gasteiger partial charge in [0.05, 0.1) is 17.5 Å². The summed E-state index contributed by atoms with van der Waals surface area (Å²) in [5.41, 5.74) is 7.55. The second-order valence-corrected chi connectivity index (χ2v) is 5.38. The first-order valence-electron chi connectivity index (χ1n) is 6.10. The van der Waals surface area contributed by atoms with Gasteiger partial charge in [-0.2, -0.15) is 0 Å². The summed E-state index contributed by atoms with van der Waals surface area (Å²) in [5.74, 6) is 0. The van der Waals surface area contributed by atoms with E-state index in [9.17, 15) is 0 Å². The van der Waals surface area contributed by atoms with Crippen molar-refractivity contribution in [2.75, 3.05) is 25.1 Å². The maximum Gasteiger partial charge on any atom is 0.106 e. The zero-order chi connectivity index (χ0) is 13.2. The predicted molar refractivity (Wildman–Crippen MR) is 77.0 cm³/mol. The van der Waals surface area contributed by atoms with E-state index in [1.807, 2.05) is 12.3 Å². The fourth-order valence-corrected chi connectivity index (χ4v) is 2.60. The van der Waals surface area contributed by atoms with Crippen molar-refractivity contribution in [3.8, 4) is 0 Å². The largest absolute Gasteiger partial charge is 0.389 e. The van der Waals surface area contributed by atoms with Crippen molar-refractivity contribution in [2.45, 2.75) is 25.4 Å². The number of methoxy groups -OCH3 is 1. The molecule has 1 aromatic rings. The Labute approximate surface area is 113 Å². The molecule has 1 aromatic heterocycles. The third-order valence-electron chi connectivity index (χ3n) is 3.56. The molecule has 4 nitrogen and oxygen atoms in total. The molecule has 1 aliphatic heterocycles. The number of thiocarbonyl (C=S) groups is 1. The summed E-state index contributed by atoms with van der Waals surface area (Å²) in [6, 6.07) is 1.87. The average molecular weight is 265 g/mol. The Bertz CT molecular complexity index is 452. The summed E-state index contributed by atoms with van der Waals surface area (Å²) < 4.78 is 5.60. The van der Waals surface area contributed by atoms with Gasteiger partial charge in [0, 0.05) is 32.0 Å². The van der Waals surface area contributed by atoms with Crippen LogP contribution in [-0.2, 0) is 4.74 Å². The zero-order valence-corrected chi connectivity index (χ0v) is 11.7. The molecule has 0 amide bonds. The van der Waals surface area contributed by atoms with Gasteiger partial charge < -0.3 is 15.4 Å². The van der Waals surface area contributed by atoms with Gasteiger partial charge >= 0.3 is 0 Å². The van der Waals surface area contributed by atoms with Crippen LogP contribution in [0.15, 0.2) is 18.5 Å². The molecule has 5 heteroatoms. The second-order valence-electron chi connectivity index (χ2n) is 4.94. The first-order valence-corrected chi connectivity index (χ1v) is 6.50. The monoisotopic (exact) mass is 265 g/mol. The molecule has 0 radical (unpaired) electrons. The van der Waals surface area contributed by atoms with E-state index in [-0.39, 0.29) is 5.60 Å². The zero-order valence-electron chi connectivity index (χ0n) is 10.8. The SMILES string of the molecule is COC1(C)CCCN(c2cnccc2C(N)=S)C1. The van der Waals surface area contributed by atoms with Crippen LogP contribution in [0.25, 0.3) is 0 Å². The number of nitrogens with two attached hydrogens (primary N) is 1. The van der Waals surface area contributed by atoms with E-state index in [4.69, 9.17) is 22.7 Å². The van der Waals surface area contributed by atoms with Crippen molar-refractivity contribution >= 4 is 22.9 Å². The van der Waals surface area contributed by atoms with E-state index in [0.717, 1.165) is 37.2 Å². The molecule has 18 heavy (non-hydrogen) atoms. The molecule has 1 aliphatic rings. The van der Waals surface area contributed by atoms with Crippen LogP contribution in [0.1, 0.15) is 25.3 Å². The Kier molecular flexibility index (Phi) is 3.82. The number of hydrogen-bond donors (Lipinski definition) is 1. The molecule has 1 saturated heterocycles. The maximum atomic E-state index is 5.77. The van der Waals surface area contributed by atoms with Crippen molar-refractivity contribution in [3.63, 3.8) is 0 Å². The van der Waals surface area contributed by atoms with Crippen LogP contribution in [0.4, 0.5) is 5.69 Å². The molecule has 0 aromatic carbocycles. The van der Waals surface area contributed by atoms with Crippen LogP contribution < -0.4 is 10.6 Å². The Balaban J connectivity index is 2.29. The molecule has 2 heterocycles. The van der Waals surface area contributed by atoms with E-state index in [0.29, 0.717) is 4.99 Å². The van der Waals surface area contributed by atoms with Crippen LogP contribution >= 0.6 is 12.2 Å². The van der Waals surface area contributed by atoms with E-state index in [2.05, 4.69) is 16.8 Å². The van der Waals surface area contributed by atoms with Gasteiger partial charge in [-0.05, 0) is 25.8 Å². The second kappa shape index (κ2) is 5.20. The first-order chi connectivity index (χ1) is 8.56. The smallest absolute Gasteiger partial charge is 0.106 e. The van der Waals surface area contributed by atoms with Gasteiger partial charge in [0.1, 0.15) is 4.99 Å². The normalized spacial score (nSPS) is 24.0. The van der Waals surface area contributed by atoms with Crippen LogP contribution in [0, 0.1) is 0 Å². The van der Waals surface area contributed by atoms with E-state index < -0.39 is 0 Å². The Morgan fingerprint density at radius 2 is 2.39 bits per heavy atom. The highest BCUT2D eigenvalue weighted by Crippen LogP contribution is 2.29. The lowest BCUT2D eigenvalue weighted by molar-refractivity contribution is -0.00466. The van der Waals surface area contributed by atoms with Crippen molar-refractivity contribution in [1.82, 2.24) is 4.98 Å². The molecule has 2 rings (SSSR count). The average Bonchev–Trinajstić information content (AvgIpc) is 2.39. The maximum absolute atomic E-state index is 5.77. The number of piperidine rings is 1. The van der Waals surface area contributed by atoms with Crippen LogP contribution in [0.3, 0.4) is 0 Å². The Hall–Kier alpha value is -1.20. The number of ether oxygens (including phenoxy) is 1. The van der Waals surface area contributed by atoms with Crippen LogP contribution in [0.5, 0.6) is 0 Å². The van der Waals surface area contributed by atoms with E-state index >= 15 is 0 Å². The molecule has 0 saturated carbocycles. The minimum absolute atomic E-state index is 0.110. The minimum atomic E-state index is -0.110. The Morgan fingerprint density at radius 3 is 3.06 bits per heavy atom. The van der Waals surface area contributed by atoms with E-state index in [1.165, 1.54) is 0 Å².